The van der Waals surface area contributed by atoms with Gasteiger partial charge in [-0.05, 0) is 18.9 Å². The molecule has 0 saturated heterocycles. The molecule has 20 heavy (non-hydrogen) atoms. The van der Waals surface area contributed by atoms with Crippen molar-refractivity contribution in [2.24, 2.45) is 0 Å². The van der Waals surface area contributed by atoms with Crippen LogP contribution in [0.3, 0.4) is 0 Å². The Morgan fingerprint density at radius 2 is 2.15 bits per heavy atom. The van der Waals surface area contributed by atoms with Crippen LogP contribution in [0, 0.1) is 0 Å². The Balaban J connectivity index is 1.98. The molecule has 0 bridgehead atoms. The SMILES string of the molecule is Nc1cc(NCC(F)(F)C(F)F)sc1C(=O)NC1CC1. The van der Waals surface area contributed by atoms with Gasteiger partial charge in [0, 0.05) is 6.04 Å². The van der Waals surface area contributed by atoms with Crippen LogP contribution >= 0.6 is 11.3 Å². The van der Waals surface area contributed by atoms with Crippen molar-refractivity contribution in [3.63, 3.8) is 0 Å². The summed E-state index contributed by atoms with van der Waals surface area (Å²) >= 11 is 0.863. The van der Waals surface area contributed by atoms with E-state index in [1.165, 1.54) is 6.07 Å². The van der Waals surface area contributed by atoms with Gasteiger partial charge in [0.2, 0.25) is 0 Å². The molecule has 0 spiro atoms. The Kier molecular flexibility index (Phi) is 4.07. The van der Waals surface area contributed by atoms with E-state index in [4.69, 9.17) is 5.73 Å². The number of rotatable bonds is 6. The number of halogens is 4. The Hall–Kier alpha value is -1.51. The average Bonchev–Trinajstić information content (AvgIpc) is 3.08. The van der Waals surface area contributed by atoms with Gasteiger partial charge in [-0.25, -0.2) is 8.78 Å². The highest BCUT2D eigenvalue weighted by atomic mass is 32.1. The zero-order valence-corrected chi connectivity index (χ0v) is 11.1. The van der Waals surface area contributed by atoms with E-state index in [0.29, 0.717) is 0 Å². The van der Waals surface area contributed by atoms with Crippen molar-refractivity contribution in [3.8, 4) is 0 Å². The van der Waals surface area contributed by atoms with Gasteiger partial charge in [0.25, 0.3) is 5.91 Å². The molecule has 1 heterocycles. The molecule has 4 N–H and O–H groups in total. The van der Waals surface area contributed by atoms with Crippen LogP contribution < -0.4 is 16.4 Å². The second-order valence-corrected chi connectivity index (χ2v) is 5.61. The molecule has 1 fully saturated rings. The third-order valence-corrected chi connectivity index (χ3v) is 3.80. The summed E-state index contributed by atoms with van der Waals surface area (Å²) in [5.74, 6) is -4.50. The Labute approximate surface area is 116 Å². The molecule has 4 nitrogen and oxygen atoms in total. The van der Waals surface area contributed by atoms with Crippen LogP contribution in [0.15, 0.2) is 6.07 Å². The first-order valence-electron chi connectivity index (χ1n) is 5.89. The average molecular weight is 311 g/mol. The van der Waals surface area contributed by atoms with Gasteiger partial charge in [-0.3, -0.25) is 4.79 Å². The predicted molar refractivity (Wildman–Crippen MR) is 68.7 cm³/mol. The third kappa shape index (κ3) is 3.53. The fraction of sp³-hybridized carbons (Fsp3) is 0.545. The molecule has 1 aliphatic carbocycles. The smallest absolute Gasteiger partial charge is 0.324 e. The Morgan fingerprint density at radius 3 is 2.70 bits per heavy atom. The lowest BCUT2D eigenvalue weighted by Gasteiger charge is -2.15. The molecule has 0 radical (unpaired) electrons. The van der Waals surface area contributed by atoms with Gasteiger partial charge in [-0.2, -0.15) is 8.78 Å². The minimum atomic E-state index is -4.13. The van der Waals surface area contributed by atoms with Crippen molar-refractivity contribution in [2.75, 3.05) is 17.6 Å². The lowest BCUT2D eigenvalue weighted by atomic mass is 10.3. The molecular formula is C11H13F4N3OS. The summed E-state index contributed by atoms with van der Waals surface area (Å²) < 4.78 is 49.5. The van der Waals surface area contributed by atoms with Crippen LogP contribution in [0.4, 0.5) is 28.3 Å². The van der Waals surface area contributed by atoms with Crippen molar-refractivity contribution < 1.29 is 22.4 Å². The number of hydrogen-bond donors (Lipinski definition) is 3. The topological polar surface area (TPSA) is 67.1 Å². The summed E-state index contributed by atoms with van der Waals surface area (Å²) in [6.07, 6.45) is -1.93. The lowest BCUT2D eigenvalue weighted by molar-refractivity contribution is -0.117. The van der Waals surface area contributed by atoms with Crippen LogP contribution in [-0.2, 0) is 0 Å². The number of nitrogens with two attached hydrogens (primary N) is 1. The van der Waals surface area contributed by atoms with Gasteiger partial charge in [0.15, 0.2) is 0 Å². The first-order valence-corrected chi connectivity index (χ1v) is 6.71. The molecule has 0 atom stereocenters. The van der Waals surface area contributed by atoms with Crippen molar-refractivity contribution in [3.05, 3.63) is 10.9 Å². The summed E-state index contributed by atoms with van der Waals surface area (Å²) in [4.78, 5) is 12.0. The van der Waals surface area contributed by atoms with E-state index in [-0.39, 0.29) is 27.5 Å². The standard InChI is InChI=1S/C11H13F4N3OS/c12-10(13)11(14,15)4-17-7-3-6(16)8(20-7)9(19)18-5-1-2-5/h3,5,10,17H,1-2,4,16H2,(H,18,19). The highest BCUT2D eigenvalue weighted by molar-refractivity contribution is 7.18. The number of nitrogen functional groups attached to an aromatic ring is 1. The molecule has 0 unspecified atom stereocenters. The second kappa shape index (κ2) is 5.47. The summed E-state index contributed by atoms with van der Waals surface area (Å²) in [7, 11) is 0. The number of hydrogen-bond acceptors (Lipinski definition) is 4. The quantitative estimate of drug-likeness (QED) is 0.707. The molecule has 1 aliphatic rings. The van der Waals surface area contributed by atoms with Gasteiger partial charge in [-0.1, -0.05) is 0 Å². The molecule has 1 amide bonds. The number of alkyl halides is 4. The fourth-order valence-electron chi connectivity index (χ4n) is 1.43. The predicted octanol–water partition coefficient (Wildman–Crippen LogP) is 2.53. The van der Waals surface area contributed by atoms with Gasteiger partial charge >= 0.3 is 12.3 Å². The zero-order chi connectivity index (χ0) is 14.9. The van der Waals surface area contributed by atoms with E-state index in [0.717, 1.165) is 24.2 Å². The molecule has 1 saturated carbocycles. The Bertz CT molecular complexity index is 502. The lowest BCUT2D eigenvalue weighted by Crippen LogP contribution is -2.34. The summed E-state index contributed by atoms with van der Waals surface area (Å²) in [5.41, 5.74) is 5.75. The maximum atomic E-state index is 12.8. The number of carbonyl (C=O) groups is 1. The molecule has 9 heteroatoms. The number of anilines is 2. The van der Waals surface area contributed by atoms with E-state index in [9.17, 15) is 22.4 Å². The van der Waals surface area contributed by atoms with Crippen LogP contribution in [0.1, 0.15) is 22.5 Å². The molecule has 1 aromatic rings. The van der Waals surface area contributed by atoms with E-state index in [2.05, 4.69) is 10.6 Å². The van der Waals surface area contributed by atoms with Gasteiger partial charge in [-0.15, -0.1) is 11.3 Å². The first kappa shape index (κ1) is 14.9. The molecule has 1 aromatic heterocycles. The van der Waals surface area contributed by atoms with Gasteiger partial charge in [0.05, 0.1) is 17.2 Å². The number of thiophene rings is 1. The van der Waals surface area contributed by atoms with E-state index in [1.54, 1.807) is 0 Å². The largest absolute Gasteiger partial charge is 0.397 e. The summed E-state index contributed by atoms with van der Waals surface area (Å²) in [6, 6.07) is 1.43. The number of nitrogens with one attached hydrogen (secondary N) is 2. The van der Waals surface area contributed by atoms with Crippen LogP contribution in [0.5, 0.6) is 0 Å². The van der Waals surface area contributed by atoms with Crippen LogP contribution in [0.25, 0.3) is 0 Å². The number of carbonyl (C=O) groups excluding carboxylic acids is 1. The van der Waals surface area contributed by atoms with Crippen molar-refractivity contribution >= 4 is 27.9 Å². The van der Waals surface area contributed by atoms with Crippen molar-refractivity contribution in [1.29, 1.82) is 0 Å². The van der Waals surface area contributed by atoms with Gasteiger partial charge in [0.1, 0.15) is 4.88 Å². The molecule has 112 valence electrons. The molecular weight excluding hydrogens is 298 g/mol. The van der Waals surface area contributed by atoms with E-state index >= 15 is 0 Å². The minimum Gasteiger partial charge on any atom is -0.397 e. The monoisotopic (exact) mass is 311 g/mol. The summed E-state index contributed by atoms with van der Waals surface area (Å²) in [6.45, 7) is -1.21. The number of amides is 1. The highest BCUT2D eigenvalue weighted by Gasteiger charge is 2.40. The third-order valence-electron chi connectivity index (χ3n) is 2.70. The first-order chi connectivity index (χ1) is 9.29. The molecule has 0 aliphatic heterocycles. The van der Waals surface area contributed by atoms with Crippen LogP contribution in [0.2, 0.25) is 0 Å². The second-order valence-electron chi connectivity index (χ2n) is 4.56. The van der Waals surface area contributed by atoms with Gasteiger partial charge < -0.3 is 16.4 Å². The zero-order valence-electron chi connectivity index (χ0n) is 10.3. The Morgan fingerprint density at radius 1 is 1.50 bits per heavy atom. The maximum Gasteiger partial charge on any atom is 0.324 e. The maximum absolute atomic E-state index is 12.8. The van der Waals surface area contributed by atoms with E-state index in [1.807, 2.05) is 0 Å². The summed E-state index contributed by atoms with van der Waals surface area (Å²) in [5, 5.41) is 5.05. The van der Waals surface area contributed by atoms with Crippen molar-refractivity contribution in [2.45, 2.75) is 31.2 Å². The van der Waals surface area contributed by atoms with Crippen LogP contribution in [-0.4, -0.2) is 30.8 Å². The fourth-order valence-corrected chi connectivity index (χ4v) is 2.31. The van der Waals surface area contributed by atoms with Crippen molar-refractivity contribution in [1.82, 2.24) is 5.32 Å². The minimum absolute atomic E-state index is 0.135. The molecule has 0 aromatic carbocycles. The van der Waals surface area contributed by atoms with E-state index < -0.39 is 18.9 Å². The molecule has 2 rings (SSSR count). The normalized spacial score (nSPS) is 15.4. The highest BCUT2D eigenvalue weighted by Crippen LogP contribution is 2.32.